The lowest BCUT2D eigenvalue weighted by atomic mass is 9.82. The molecule has 9 heteroatoms. The Hall–Kier alpha value is -3.20. The zero-order valence-corrected chi connectivity index (χ0v) is 19.9. The maximum Gasteiger partial charge on any atom is 0.348 e. The second-order valence-corrected chi connectivity index (χ2v) is 9.81. The highest BCUT2D eigenvalue weighted by Gasteiger charge is 2.51. The van der Waals surface area contributed by atoms with E-state index >= 15 is 0 Å². The van der Waals surface area contributed by atoms with E-state index in [1.54, 1.807) is 54.6 Å². The number of carbonyl (C=O) groups excluding carboxylic acids is 2. The van der Waals surface area contributed by atoms with Crippen molar-refractivity contribution in [2.24, 2.45) is 5.92 Å². The summed E-state index contributed by atoms with van der Waals surface area (Å²) in [6.45, 7) is 2.42. The minimum Gasteiger partial charge on any atom is -0.453 e. The summed E-state index contributed by atoms with van der Waals surface area (Å²) >= 11 is 6.42. The van der Waals surface area contributed by atoms with Crippen molar-refractivity contribution >= 4 is 29.3 Å². The van der Waals surface area contributed by atoms with Crippen LogP contribution >= 0.6 is 11.6 Å². The van der Waals surface area contributed by atoms with Crippen molar-refractivity contribution in [1.29, 1.82) is 0 Å². The Balaban J connectivity index is 1.37. The molecule has 3 saturated heterocycles. The zero-order chi connectivity index (χ0) is 24.5. The van der Waals surface area contributed by atoms with Gasteiger partial charge in [-0.05, 0) is 11.6 Å². The predicted molar refractivity (Wildman–Crippen MR) is 128 cm³/mol. The van der Waals surface area contributed by atoms with Crippen LogP contribution in [0.15, 0.2) is 71.4 Å². The molecule has 0 radical (unpaired) electrons. The summed E-state index contributed by atoms with van der Waals surface area (Å²) < 4.78 is 11.3. The number of anilines is 1. The fraction of sp³-hybridized carbons (Fsp3) is 0.346. The summed E-state index contributed by atoms with van der Waals surface area (Å²) in [5, 5.41) is 18.6. The third kappa shape index (κ3) is 4.57. The number of halogens is 1. The smallest absolute Gasteiger partial charge is 0.348 e. The van der Waals surface area contributed by atoms with E-state index in [0.717, 1.165) is 25.9 Å². The van der Waals surface area contributed by atoms with Crippen LogP contribution in [0.3, 0.4) is 0 Å². The lowest BCUT2D eigenvalue weighted by molar-refractivity contribution is -0.939. The first-order valence-electron chi connectivity index (χ1n) is 11.7. The third-order valence-corrected chi connectivity index (χ3v) is 7.56. The number of benzene rings is 2. The molecular weight excluding hydrogens is 470 g/mol. The van der Waals surface area contributed by atoms with Gasteiger partial charge in [0.05, 0.1) is 13.1 Å². The molecule has 8 nitrogen and oxygen atoms in total. The minimum absolute atomic E-state index is 0.166. The molecule has 3 aliphatic rings. The molecule has 0 saturated carbocycles. The van der Waals surface area contributed by atoms with Crippen LogP contribution in [0.1, 0.15) is 24.0 Å². The van der Waals surface area contributed by atoms with Crippen molar-refractivity contribution in [3.8, 4) is 0 Å². The molecule has 1 amide bonds. The van der Waals surface area contributed by atoms with Crippen LogP contribution in [0.25, 0.3) is 0 Å². The molecule has 6 rings (SSSR count). The molecule has 3 aromatic rings. The van der Waals surface area contributed by atoms with E-state index in [2.05, 4.69) is 10.5 Å². The molecule has 1 aromatic heterocycles. The summed E-state index contributed by atoms with van der Waals surface area (Å²) in [5.74, 6) is -0.374. The topological polar surface area (TPSA) is 102 Å². The standard InChI is InChI=1S/C26H26ClN3O5/c27-21-9-5-4-8-20(21)26(33,19-6-2-1-3-7-19)25(32)35-22-16-30(13-10-18(22)11-14-30)17-24(31)28-23-12-15-34-29-23/h1-9,12,15,18,22,33H,10-11,13-14,16-17H2/p+1/t18?,22-,26?,30?/m0/s1. The van der Waals surface area contributed by atoms with E-state index < -0.39 is 17.7 Å². The second-order valence-electron chi connectivity index (χ2n) is 9.40. The van der Waals surface area contributed by atoms with Gasteiger partial charge in [-0.2, -0.15) is 0 Å². The van der Waals surface area contributed by atoms with Gasteiger partial charge in [0.25, 0.3) is 5.91 Å². The minimum atomic E-state index is -2.05. The van der Waals surface area contributed by atoms with Gasteiger partial charge in [-0.3, -0.25) is 4.79 Å². The monoisotopic (exact) mass is 496 g/mol. The van der Waals surface area contributed by atoms with Crippen molar-refractivity contribution in [2.75, 3.05) is 31.5 Å². The molecule has 4 heterocycles. The number of hydrogen-bond acceptors (Lipinski definition) is 6. The Morgan fingerprint density at radius 2 is 1.83 bits per heavy atom. The Bertz CT molecular complexity index is 1190. The average molecular weight is 497 g/mol. The largest absolute Gasteiger partial charge is 0.453 e. The lowest BCUT2D eigenvalue weighted by Gasteiger charge is -2.51. The molecular formula is C26H27ClN3O5+. The summed E-state index contributed by atoms with van der Waals surface area (Å²) in [5.41, 5.74) is -1.40. The highest BCUT2D eigenvalue weighted by Crippen LogP contribution is 2.39. The van der Waals surface area contributed by atoms with Crippen LogP contribution in [-0.2, 0) is 19.9 Å². The molecule has 0 spiro atoms. The normalized spacial score (nSPS) is 25.0. The molecule has 35 heavy (non-hydrogen) atoms. The Morgan fingerprint density at radius 1 is 1.11 bits per heavy atom. The van der Waals surface area contributed by atoms with Gasteiger partial charge in [-0.1, -0.05) is 65.3 Å². The number of fused-ring (bicyclic) bond motifs is 3. The molecule has 3 aliphatic heterocycles. The predicted octanol–water partition coefficient (Wildman–Crippen LogP) is 3.35. The first-order valence-corrected chi connectivity index (χ1v) is 12.1. The van der Waals surface area contributed by atoms with Gasteiger partial charge >= 0.3 is 5.97 Å². The van der Waals surface area contributed by atoms with Crippen molar-refractivity contribution in [3.63, 3.8) is 0 Å². The fourth-order valence-electron chi connectivity index (χ4n) is 5.38. The highest BCUT2D eigenvalue weighted by molar-refractivity contribution is 6.31. The molecule has 2 N–H and O–H groups in total. The number of hydrogen-bond donors (Lipinski definition) is 2. The Morgan fingerprint density at radius 3 is 2.51 bits per heavy atom. The fourth-order valence-corrected chi connectivity index (χ4v) is 5.65. The van der Waals surface area contributed by atoms with Gasteiger partial charge < -0.3 is 24.2 Å². The Kier molecular flexibility index (Phi) is 6.35. The van der Waals surface area contributed by atoms with E-state index in [0.29, 0.717) is 22.4 Å². The maximum atomic E-state index is 13.7. The van der Waals surface area contributed by atoms with Crippen LogP contribution in [0.2, 0.25) is 5.02 Å². The quantitative estimate of drug-likeness (QED) is 0.384. The van der Waals surface area contributed by atoms with Crippen LogP contribution in [0, 0.1) is 5.92 Å². The van der Waals surface area contributed by atoms with Crippen molar-refractivity contribution in [1.82, 2.24) is 5.16 Å². The van der Waals surface area contributed by atoms with E-state index in [1.165, 1.54) is 6.26 Å². The maximum absolute atomic E-state index is 13.7. The number of nitrogens with one attached hydrogen (secondary N) is 1. The number of rotatable bonds is 7. The van der Waals surface area contributed by atoms with Gasteiger partial charge in [0.1, 0.15) is 12.8 Å². The number of carbonyl (C=O) groups is 2. The lowest BCUT2D eigenvalue weighted by Crippen LogP contribution is -2.66. The first-order chi connectivity index (χ1) is 16.9. The van der Waals surface area contributed by atoms with Crippen LogP contribution in [-0.4, -0.2) is 58.9 Å². The van der Waals surface area contributed by atoms with E-state index in [1.807, 2.05) is 6.07 Å². The number of aliphatic hydroxyl groups is 1. The number of ether oxygens (including phenoxy) is 1. The van der Waals surface area contributed by atoms with Gasteiger partial charge in [-0.25, -0.2) is 4.79 Å². The molecule has 2 aromatic carbocycles. The van der Waals surface area contributed by atoms with Gasteiger partial charge in [0.2, 0.25) is 5.60 Å². The first kappa shape index (κ1) is 23.5. The third-order valence-electron chi connectivity index (χ3n) is 7.23. The number of quaternary nitrogens is 1. The number of nitrogens with zero attached hydrogens (tertiary/aromatic N) is 2. The van der Waals surface area contributed by atoms with Crippen LogP contribution in [0.5, 0.6) is 0 Å². The number of aromatic nitrogens is 1. The van der Waals surface area contributed by atoms with Crippen molar-refractivity contribution in [2.45, 2.75) is 24.5 Å². The second kappa shape index (κ2) is 9.45. The molecule has 3 fully saturated rings. The van der Waals surface area contributed by atoms with Gasteiger partial charge in [0.15, 0.2) is 18.5 Å². The van der Waals surface area contributed by atoms with E-state index in [4.69, 9.17) is 20.9 Å². The van der Waals surface area contributed by atoms with Crippen LogP contribution < -0.4 is 5.32 Å². The number of esters is 1. The highest BCUT2D eigenvalue weighted by atomic mass is 35.5. The van der Waals surface area contributed by atoms with Crippen LogP contribution in [0.4, 0.5) is 5.82 Å². The summed E-state index contributed by atoms with van der Waals surface area (Å²) in [7, 11) is 0. The summed E-state index contributed by atoms with van der Waals surface area (Å²) in [4.78, 5) is 26.3. The van der Waals surface area contributed by atoms with Crippen molar-refractivity contribution < 1.29 is 28.4 Å². The summed E-state index contributed by atoms with van der Waals surface area (Å²) in [6, 6.07) is 17.0. The summed E-state index contributed by atoms with van der Waals surface area (Å²) in [6.07, 6.45) is 2.66. The number of piperidine rings is 3. The van der Waals surface area contributed by atoms with Crippen molar-refractivity contribution in [3.05, 3.63) is 83.1 Å². The number of amides is 1. The zero-order valence-electron chi connectivity index (χ0n) is 19.1. The van der Waals surface area contributed by atoms with E-state index in [9.17, 15) is 14.7 Å². The van der Waals surface area contributed by atoms with Gasteiger partial charge in [-0.15, -0.1) is 0 Å². The van der Waals surface area contributed by atoms with Gasteiger partial charge in [0, 0.05) is 35.4 Å². The SMILES string of the molecule is O=C(C[N+]12CCC(CC1)[C@@H](OC(=O)C(O)(c1ccccc1)c1ccccc1Cl)C2)Nc1ccon1. The molecule has 182 valence electrons. The average Bonchev–Trinajstić information content (AvgIpc) is 3.37. The molecule has 2 bridgehead atoms. The Labute approximate surface area is 208 Å². The molecule has 1 unspecified atom stereocenters. The van der Waals surface area contributed by atoms with E-state index in [-0.39, 0.29) is 29.0 Å². The molecule has 0 aliphatic carbocycles. The molecule has 2 atom stereocenters.